The minimum atomic E-state index is -0.570. The second-order valence-electron chi connectivity index (χ2n) is 8.51. The van der Waals surface area contributed by atoms with Gasteiger partial charge in [-0.25, -0.2) is 0 Å². The Bertz CT molecular complexity index is 1000. The molecule has 0 saturated carbocycles. The number of para-hydroxylation sites is 1. The van der Waals surface area contributed by atoms with Crippen molar-refractivity contribution in [1.82, 2.24) is 4.90 Å². The molecule has 3 aliphatic rings. The van der Waals surface area contributed by atoms with Gasteiger partial charge in [-0.15, -0.1) is 0 Å². The van der Waals surface area contributed by atoms with Gasteiger partial charge >= 0.3 is 0 Å². The van der Waals surface area contributed by atoms with Crippen LogP contribution >= 0.6 is 11.8 Å². The molecule has 2 aromatic carbocycles. The third kappa shape index (κ3) is 3.70. The third-order valence-electron chi connectivity index (χ3n) is 6.60. The number of methoxy groups -OCH3 is 1. The summed E-state index contributed by atoms with van der Waals surface area (Å²) < 4.78 is 5.26. The SMILES string of the molecule is COc1ccc(N2CCN(CCCC3(C)C(=O)N=C4Sc5ccccc5N43)CC2)cc1. The van der Waals surface area contributed by atoms with Crippen molar-refractivity contribution in [1.29, 1.82) is 0 Å². The number of thioether (sulfide) groups is 1. The summed E-state index contributed by atoms with van der Waals surface area (Å²) in [5.74, 6) is 0.886. The number of carbonyl (C=O) groups is 1. The molecule has 1 fully saturated rings. The summed E-state index contributed by atoms with van der Waals surface area (Å²) in [5, 5.41) is 0.835. The molecule has 0 radical (unpaired) electrons. The van der Waals surface area contributed by atoms with Gasteiger partial charge in [-0.3, -0.25) is 9.69 Å². The normalized spacial score (nSPS) is 23.0. The minimum Gasteiger partial charge on any atom is -0.497 e. The van der Waals surface area contributed by atoms with E-state index in [0.29, 0.717) is 0 Å². The number of amides is 1. The number of hydrogen-bond acceptors (Lipinski definition) is 6. The van der Waals surface area contributed by atoms with Gasteiger partial charge in [-0.1, -0.05) is 12.1 Å². The number of ether oxygens (including phenoxy) is 1. The second-order valence-corrected chi connectivity index (χ2v) is 9.52. The number of fused-ring (bicyclic) bond motifs is 3. The predicted octanol–water partition coefficient (Wildman–Crippen LogP) is 3.86. The lowest BCUT2D eigenvalue weighted by Crippen LogP contribution is -2.49. The van der Waals surface area contributed by atoms with E-state index in [9.17, 15) is 4.79 Å². The van der Waals surface area contributed by atoms with Crippen molar-refractivity contribution in [2.75, 3.05) is 49.6 Å². The number of amidine groups is 1. The van der Waals surface area contributed by atoms with Gasteiger partial charge in [0.25, 0.3) is 5.91 Å². The molecular weight excluding hydrogens is 408 g/mol. The fourth-order valence-electron chi connectivity index (χ4n) is 4.72. The average Bonchev–Trinajstić information content (AvgIpc) is 3.28. The Morgan fingerprint density at radius 3 is 2.55 bits per heavy atom. The van der Waals surface area contributed by atoms with Crippen molar-refractivity contribution in [3.63, 3.8) is 0 Å². The summed E-state index contributed by atoms with van der Waals surface area (Å²) in [6, 6.07) is 16.6. The van der Waals surface area contributed by atoms with Crippen molar-refractivity contribution < 1.29 is 9.53 Å². The Morgan fingerprint density at radius 2 is 1.81 bits per heavy atom. The van der Waals surface area contributed by atoms with Gasteiger partial charge in [0, 0.05) is 36.8 Å². The molecule has 7 heteroatoms. The Hall–Kier alpha value is -2.51. The molecule has 6 nitrogen and oxygen atoms in total. The smallest absolute Gasteiger partial charge is 0.274 e. The van der Waals surface area contributed by atoms with E-state index in [1.807, 2.05) is 24.3 Å². The first-order chi connectivity index (χ1) is 15.1. The molecule has 2 aromatic rings. The monoisotopic (exact) mass is 436 g/mol. The summed E-state index contributed by atoms with van der Waals surface area (Å²) in [6.45, 7) is 7.19. The van der Waals surface area contributed by atoms with Crippen molar-refractivity contribution in [3.05, 3.63) is 48.5 Å². The van der Waals surface area contributed by atoms with Crippen LogP contribution in [0.2, 0.25) is 0 Å². The maximum atomic E-state index is 12.8. The molecule has 3 aliphatic heterocycles. The quantitative estimate of drug-likeness (QED) is 0.685. The minimum absolute atomic E-state index is 0.00571. The molecule has 0 N–H and O–H groups in total. The highest BCUT2D eigenvalue weighted by molar-refractivity contribution is 8.14. The molecule has 5 rings (SSSR count). The molecule has 0 bridgehead atoms. The molecule has 31 heavy (non-hydrogen) atoms. The van der Waals surface area contributed by atoms with Crippen LogP contribution in [0, 0.1) is 0 Å². The van der Waals surface area contributed by atoms with Crippen LogP contribution in [0.1, 0.15) is 19.8 Å². The van der Waals surface area contributed by atoms with Crippen LogP contribution in [0.25, 0.3) is 0 Å². The molecule has 0 aliphatic carbocycles. The van der Waals surface area contributed by atoms with Gasteiger partial charge in [-0.05, 0) is 74.5 Å². The molecule has 1 unspecified atom stereocenters. The van der Waals surface area contributed by atoms with Crippen molar-refractivity contribution in [3.8, 4) is 5.75 Å². The zero-order valence-electron chi connectivity index (χ0n) is 18.1. The number of hydrogen-bond donors (Lipinski definition) is 0. The lowest BCUT2D eigenvalue weighted by Gasteiger charge is -2.37. The Balaban J connectivity index is 1.15. The van der Waals surface area contributed by atoms with Crippen molar-refractivity contribution in [2.45, 2.75) is 30.2 Å². The Labute approximate surface area is 187 Å². The van der Waals surface area contributed by atoms with Crippen LogP contribution in [0.4, 0.5) is 11.4 Å². The lowest BCUT2D eigenvalue weighted by atomic mass is 9.93. The Morgan fingerprint density at radius 1 is 1.06 bits per heavy atom. The lowest BCUT2D eigenvalue weighted by molar-refractivity contribution is -0.121. The maximum Gasteiger partial charge on any atom is 0.274 e. The zero-order valence-corrected chi connectivity index (χ0v) is 18.9. The zero-order chi connectivity index (χ0) is 21.4. The van der Waals surface area contributed by atoms with Gasteiger partial charge < -0.3 is 14.5 Å². The molecule has 162 valence electrons. The van der Waals surface area contributed by atoms with Crippen LogP contribution in [0.5, 0.6) is 5.75 Å². The molecule has 1 amide bonds. The third-order valence-corrected chi connectivity index (χ3v) is 7.62. The molecule has 0 aromatic heterocycles. The topological polar surface area (TPSA) is 48.4 Å². The van der Waals surface area contributed by atoms with Gasteiger partial charge in [-0.2, -0.15) is 4.99 Å². The van der Waals surface area contributed by atoms with Crippen LogP contribution in [-0.4, -0.2) is 61.3 Å². The largest absolute Gasteiger partial charge is 0.497 e. The number of benzene rings is 2. The van der Waals surface area contributed by atoms with Crippen LogP contribution in [-0.2, 0) is 4.79 Å². The van der Waals surface area contributed by atoms with Crippen LogP contribution in [0.3, 0.4) is 0 Å². The average molecular weight is 437 g/mol. The van der Waals surface area contributed by atoms with E-state index < -0.39 is 5.54 Å². The highest BCUT2D eigenvalue weighted by Gasteiger charge is 2.50. The van der Waals surface area contributed by atoms with Crippen molar-refractivity contribution >= 4 is 34.2 Å². The van der Waals surface area contributed by atoms with E-state index in [-0.39, 0.29) is 5.91 Å². The number of anilines is 2. The first-order valence-electron chi connectivity index (χ1n) is 10.9. The van der Waals surface area contributed by atoms with E-state index in [1.165, 1.54) is 10.6 Å². The van der Waals surface area contributed by atoms with Crippen molar-refractivity contribution in [2.24, 2.45) is 4.99 Å². The van der Waals surface area contributed by atoms with Crippen LogP contribution in [0.15, 0.2) is 58.4 Å². The summed E-state index contributed by atoms with van der Waals surface area (Å²) in [7, 11) is 1.70. The van der Waals surface area contributed by atoms with Gasteiger partial charge in [0.05, 0.1) is 12.8 Å². The number of rotatable bonds is 6. The first-order valence-corrected chi connectivity index (χ1v) is 11.7. The molecule has 1 atom stereocenters. The van der Waals surface area contributed by atoms with Gasteiger partial charge in [0.15, 0.2) is 5.17 Å². The first kappa shape index (κ1) is 20.4. The summed E-state index contributed by atoms with van der Waals surface area (Å²) in [4.78, 5) is 25.4. The van der Waals surface area contributed by atoms with Crippen LogP contribution < -0.4 is 14.5 Å². The summed E-state index contributed by atoms with van der Waals surface area (Å²) in [5.41, 5.74) is 1.80. The predicted molar refractivity (Wildman–Crippen MR) is 127 cm³/mol. The standard InChI is InChI=1S/C24H28N4O2S/c1-24(22(29)25-23-28(24)20-6-3-4-7-21(20)31-23)12-5-13-26-14-16-27(17-15-26)18-8-10-19(30-2)11-9-18/h3-4,6-11H,5,12-17H2,1-2H3. The fourth-order valence-corrected chi connectivity index (χ4v) is 5.84. The number of aliphatic imine (C=N–C) groups is 1. The van der Waals surface area contributed by atoms with E-state index in [2.05, 4.69) is 50.9 Å². The maximum absolute atomic E-state index is 12.8. The Kier molecular flexibility index (Phi) is 5.40. The van der Waals surface area contributed by atoms with Gasteiger partial charge in [0.2, 0.25) is 0 Å². The van der Waals surface area contributed by atoms with Gasteiger partial charge in [0.1, 0.15) is 11.3 Å². The highest BCUT2D eigenvalue weighted by Crippen LogP contribution is 2.48. The number of nitrogens with zero attached hydrogens (tertiary/aromatic N) is 4. The van der Waals surface area contributed by atoms with E-state index in [4.69, 9.17) is 4.74 Å². The molecular formula is C24H28N4O2S. The molecule has 1 saturated heterocycles. The van der Waals surface area contributed by atoms with E-state index in [1.54, 1.807) is 18.9 Å². The number of carbonyl (C=O) groups excluding carboxylic acids is 1. The second kappa shape index (κ2) is 8.20. The number of piperazine rings is 1. The van der Waals surface area contributed by atoms with E-state index in [0.717, 1.165) is 62.2 Å². The van der Waals surface area contributed by atoms with E-state index >= 15 is 0 Å². The summed E-state index contributed by atoms with van der Waals surface area (Å²) in [6.07, 6.45) is 1.79. The fraction of sp³-hybridized carbons (Fsp3) is 0.417. The molecule has 0 spiro atoms. The highest BCUT2D eigenvalue weighted by atomic mass is 32.2. The summed E-state index contributed by atoms with van der Waals surface area (Å²) >= 11 is 1.61. The molecule has 3 heterocycles.